The Morgan fingerprint density at radius 3 is 2.73 bits per heavy atom. The quantitative estimate of drug-likeness (QED) is 0.484. The van der Waals surface area contributed by atoms with Crippen LogP contribution in [0.5, 0.6) is 5.75 Å². The van der Waals surface area contributed by atoms with Crippen molar-refractivity contribution in [1.82, 2.24) is 0 Å². The molecule has 0 saturated carbocycles. The maximum Gasteiger partial charge on any atom is 0.188 e. The number of benzene rings is 1. The summed E-state index contributed by atoms with van der Waals surface area (Å²) in [6.07, 6.45) is 0.822. The minimum Gasteiger partial charge on any atom is -0.482 e. The van der Waals surface area contributed by atoms with Crippen molar-refractivity contribution >= 4 is 27.9 Å². The third-order valence-electron chi connectivity index (χ3n) is 2.61. The van der Waals surface area contributed by atoms with Crippen LogP contribution < -0.4 is 10.1 Å². The Bertz CT molecular complexity index is 405. The molecular formula is C11H12BrNO2. The number of fused-ring (bicyclic) bond motifs is 1. The van der Waals surface area contributed by atoms with E-state index >= 15 is 0 Å². The highest BCUT2D eigenvalue weighted by Gasteiger charge is 2.49. The lowest BCUT2D eigenvalue weighted by Gasteiger charge is -2.44. The van der Waals surface area contributed by atoms with Gasteiger partial charge in [-0.15, -0.1) is 0 Å². The predicted molar refractivity (Wildman–Crippen MR) is 62.5 cm³/mol. The third kappa shape index (κ3) is 1.53. The molecule has 1 heterocycles. The second kappa shape index (κ2) is 3.23. The van der Waals surface area contributed by atoms with Crippen LogP contribution >= 0.6 is 15.9 Å². The van der Waals surface area contributed by atoms with Gasteiger partial charge in [-0.25, -0.2) is 0 Å². The Kier molecular flexibility index (Phi) is 2.26. The Hall–Kier alpha value is -1.03. The number of halogens is 1. The van der Waals surface area contributed by atoms with Crippen molar-refractivity contribution in [3.63, 3.8) is 0 Å². The van der Waals surface area contributed by atoms with Crippen LogP contribution in [0.4, 0.5) is 5.69 Å². The molecule has 0 bridgehead atoms. The molecule has 0 aromatic heterocycles. The fourth-order valence-corrected chi connectivity index (χ4v) is 1.82. The summed E-state index contributed by atoms with van der Waals surface area (Å²) in [5, 5.41) is 3.14. The zero-order chi connectivity index (χ0) is 11.1. The molecule has 4 heteroatoms. The number of ether oxygens (including phenoxy) is 1. The van der Waals surface area contributed by atoms with E-state index in [1.165, 1.54) is 0 Å². The molecule has 1 aromatic carbocycles. The molecule has 0 saturated heterocycles. The van der Waals surface area contributed by atoms with E-state index in [0.717, 1.165) is 17.7 Å². The number of carbonyl (C=O) groups is 1. The highest BCUT2D eigenvalue weighted by molar-refractivity contribution is 9.10. The zero-order valence-corrected chi connectivity index (χ0v) is 10.2. The van der Waals surface area contributed by atoms with E-state index in [4.69, 9.17) is 4.74 Å². The van der Waals surface area contributed by atoms with Gasteiger partial charge in [0.2, 0.25) is 0 Å². The molecule has 1 unspecified atom stereocenters. The molecule has 1 aliphatic heterocycles. The third-order valence-corrected chi connectivity index (χ3v) is 3.95. The van der Waals surface area contributed by atoms with E-state index in [1.54, 1.807) is 0 Å². The smallest absolute Gasteiger partial charge is 0.188 e. The van der Waals surface area contributed by atoms with E-state index < -0.39 is 10.0 Å². The Morgan fingerprint density at radius 1 is 1.40 bits per heavy atom. The van der Waals surface area contributed by atoms with Crippen molar-refractivity contribution in [2.24, 2.45) is 0 Å². The average molecular weight is 270 g/mol. The normalized spacial score (nSPS) is 27.1. The molecule has 15 heavy (non-hydrogen) atoms. The van der Waals surface area contributed by atoms with E-state index in [2.05, 4.69) is 21.2 Å². The van der Waals surface area contributed by atoms with Gasteiger partial charge in [0.25, 0.3) is 0 Å². The van der Waals surface area contributed by atoms with Gasteiger partial charge in [0, 0.05) is 0 Å². The minimum atomic E-state index is -0.881. The first kappa shape index (κ1) is 10.5. The molecule has 0 spiro atoms. The molecule has 1 N–H and O–H groups in total. The maximum atomic E-state index is 11.1. The number of nitrogens with one attached hydrogen (secondary N) is 1. The minimum absolute atomic E-state index is 0.636. The lowest BCUT2D eigenvalue weighted by atomic mass is 9.97. The van der Waals surface area contributed by atoms with Crippen molar-refractivity contribution in [2.75, 3.05) is 5.32 Å². The van der Waals surface area contributed by atoms with Gasteiger partial charge in [-0.1, -0.05) is 12.1 Å². The van der Waals surface area contributed by atoms with Gasteiger partial charge < -0.3 is 10.1 Å². The number of aldehydes is 1. The lowest BCUT2D eigenvalue weighted by molar-refractivity contribution is -0.113. The summed E-state index contributed by atoms with van der Waals surface area (Å²) in [5.41, 5.74) is 0.184. The molecule has 2 rings (SSSR count). The van der Waals surface area contributed by atoms with Gasteiger partial charge in [-0.05, 0) is 41.9 Å². The van der Waals surface area contributed by atoms with Crippen LogP contribution in [0.3, 0.4) is 0 Å². The topological polar surface area (TPSA) is 38.3 Å². The predicted octanol–water partition coefficient (Wildman–Crippen LogP) is 2.56. The fourth-order valence-electron chi connectivity index (χ4n) is 1.53. The SMILES string of the molecule is CC1(C)Oc2ccccc2NC1(Br)C=O. The van der Waals surface area contributed by atoms with Crippen LogP contribution in [0.15, 0.2) is 24.3 Å². The first-order valence-electron chi connectivity index (χ1n) is 4.70. The molecule has 0 amide bonds. The van der Waals surface area contributed by atoms with Gasteiger partial charge in [-0.2, -0.15) is 0 Å². The first-order valence-corrected chi connectivity index (χ1v) is 5.49. The highest BCUT2D eigenvalue weighted by atomic mass is 79.9. The fraction of sp³-hybridized carbons (Fsp3) is 0.364. The second-order valence-corrected chi connectivity index (χ2v) is 5.31. The van der Waals surface area contributed by atoms with Crippen LogP contribution in [0.2, 0.25) is 0 Å². The van der Waals surface area contributed by atoms with Gasteiger partial charge in [0.15, 0.2) is 10.7 Å². The molecule has 0 fully saturated rings. The van der Waals surface area contributed by atoms with Crippen molar-refractivity contribution in [2.45, 2.75) is 23.9 Å². The van der Waals surface area contributed by atoms with Crippen molar-refractivity contribution in [1.29, 1.82) is 0 Å². The highest BCUT2D eigenvalue weighted by Crippen LogP contribution is 2.43. The molecule has 80 valence electrons. The van der Waals surface area contributed by atoms with Crippen LogP contribution in [0.25, 0.3) is 0 Å². The first-order chi connectivity index (χ1) is 6.98. The Labute approximate surface area is 96.9 Å². The molecule has 1 atom stereocenters. The molecular weight excluding hydrogens is 258 g/mol. The van der Waals surface area contributed by atoms with Gasteiger partial charge in [-0.3, -0.25) is 4.79 Å². The number of carbonyl (C=O) groups excluding carboxylic acids is 1. The number of para-hydroxylation sites is 2. The average Bonchev–Trinajstić information content (AvgIpc) is 2.19. The van der Waals surface area contributed by atoms with E-state index in [-0.39, 0.29) is 0 Å². The van der Waals surface area contributed by atoms with Gasteiger partial charge in [0.1, 0.15) is 11.4 Å². The largest absolute Gasteiger partial charge is 0.482 e. The zero-order valence-electron chi connectivity index (χ0n) is 8.58. The second-order valence-electron chi connectivity index (χ2n) is 4.06. The van der Waals surface area contributed by atoms with Crippen molar-refractivity contribution < 1.29 is 9.53 Å². The molecule has 3 nitrogen and oxygen atoms in total. The number of anilines is 1. The van der Waals surface area contributed by atoms with Gasteiger partial charge >= 0.3 is 0 Å². The molecule has 0 aliphatic carbocycles. The van der Waals surface area contributed by atoms with E-state index in [1.807, 2.05) is 38.1 Å². The van der Waals surface area contributed by atoms with E-state index in [0.29, 0.717) is 0 Å². The van der Waals surface area contributed by atoms with Crippen LogP contribution in [-0.4, -0.2) is 16.3 Å². The standard InChI is InChI=1S/C11H12BrNO2/c1-10(2)11(12,7-14)13-8-5-3-4-6-9(8)15-10/h3-7,13H,1-2H3. The summed E-state index contributed by atoms with van der Waals surface area (Å²) in [7, 11) is 0. The number of hydrogen-bond donors (Lipinski definition) is 1. The van der Waals surface area contributed by atoms with Crippen LogP contribution in [0.1, 0.15) is 13.8 Å². The summed E-state index contributed by atoms with van der Waals surface area (Å²) >= 11 is 3.38. The number of alkyl halides is 1. The van der Waals surface area contributed by atoms with Crippen molar-refractivity contribution in [3.8, 4) is 5.75 Å². The Balaban J connectivity index is 2.49. The molecule has 0 radical (unpaired) electrons. The summed E-state index contributed by atoms with van der Waals surface area (Å²) in [5.74, 6) is 0.763. The summed E-state index contributed by atoms with van der Waals surface area (Å²) in [4.78, 5) is 11.1. The summed E-state index contributed by atoms with van der Waals surface area (Å²) in [6.45, 7) is 3.72. The van der Waals surface area contributed by atoms with Gasteiger partial charge in [0.05, 0.1) is 5.69 Å². The number of hydrogen-bond acceptors (Lipinski definition) is 3. The molecule has 1 aliphatic rings. The summed E-state index contributed by atoms with van der Waals surface area (Å²) in [6, 6.07) is 7.55. The maximum absolute atomic E-state index is 11.1. The number of rotatable bonds is 1. The lowest BCUT2D eigenvalue weighted by Crippen LogP contribution is -2.58. The van der Waals surface area contributed by atoms with Crippen LogP contribution in [-0.2, 0) is 4.79 Å². The van der Waals surface area contributed by atoms with Crippen molar-refractivity contribution in [3.05, 3.63) is 24.3 Å². The Morgan fingerprint density at radius 2 is 2.07 bits per heavy atom. The van der Waals surface area contributed by atoms with Crippen LogP contribution in [0, 0.1) is 0 Å². The monoisotopic (exact) mass is 269 g/mol. The summed E-state index contributed by atoms with van der Waals surface area (Å²) < 4.78 is 4.90. The van der Waals surface area contributed by atoms with E-state index in [9.17, 15) is 4.79 Å². The molecule has 1 aromatic rings.